The molecule has 9 heteroatoms. The number of hydrogen-bond donors (Lipinski definition) is 3. The number of hydrogen-bond acceptors (Lipinski definition) is 7. The number of benzene rings is 2. The van der Waals surface area contributed by atoms with Gasteiger partial charge in [0.15, 0.2) is 0 Å². The molecule has 3 rings (SSSR count). The first-order chi connectivity index (χ1) is 15.9. The third kappa shape index (κ3) is 8.85. The highest BCUT2D eigenvalue weighted by atomic mass is 35.5. The molecule has 0 unspecified atom stereocenters. The SMILES string of the molecule is COc1ccc(OC[C@@H](O)CNC2CCN(C[C@H](O)COc3ccc(Cl)c(Cl)c3)CC2)cc1. The molecule has 33 heavy (non-hydrogen) atoms. The Bertz CT molecular complexity index is 847. The maximum absolute atomic E-state index is 10.3. The molecule has 0 spiro atoms. The number of methoxy groups -OCH3 is 1. The fourth-order valence-electron chi connectivity index (χ4n) is 3.66. The predicted octanol–water partition coefficient (Wildman–Crippen LogP) is 3.24. The summed E-state index contributed by atoms with van der Waals surface area (Å²) in [5.74, 6) is 2.05. The number of rotatable bonds is 12. The van der Waals surface area contributed by atoms with Crippen LogP contribution in [-0.4, -0.2) is 79.9 Å². The molecule has 182 valence electrons. The highest BCUT2D eigenvalue weighted by Crippen LogP contribution is 2.26. The Morgan fingerprint density at radius 2 is 1.52 bits per heavy atom. The molecule has 1 fully saturated rings. The van der Waals surface area contributed by atoms with E-state index >= 15 is 0 Å². The number of aliphatic hydroxyl groups excluding tert-OH is 2. The average Bonchev–Trinajstić information content (AvgIpc) is 2.83. The molecule has 0 aliphatic carbocycles. The van der Waals surface area contributed by atoms with Gasteiger partial charge >= 0.3 is 0 Å². The first kappa shape index (κ1) is 25.9. The molecule has 0 radical (unpaired) electrons. The van der Waals surface area contributed by atoms with E-state index < -0.39 is 12.2 Å². The number of halogens is 2. The van der Waals surface area contributed by atoms with Crippen molar-refractivity contribution >= 4 is 23.2 Å². The van der Waals surface area contributed by atoms with E-state index in [0.29, 0.717) is 40.7 Å². The molecule has 1 heterocycles. The first-order valence-corrected chi connectivity index (χ1v) is 11.8. The highest BCUT2D eigenvalue weighted by Gasteiger charge is 2.21. The van der Waals surface area contributed by atoms with Crippen LogP contribution in [0.15, 0.2) is 42.5 Å². The molecule has 0 amide bonds. The van der Waals surface area contributed by atoms with Crippen molar-refractivity contribution in [3.8, 4) is 17.2 Å². The van der Waals surface area contributed by atoms with Crippen LogP contribution >= 0.6 is 23.2 Å². The van der Waals surface area contributed by atoms with Gasteiger partial charge in [0.2, 0.25) is 0 Å². The van der Waals surface area contributed by atoms with Crippen molar-refractivity contribution < 1.29 is 24.4 Å². The van der Waals surface area contributed by atoms with Gasteiger partial charge in [0, 0.05) is 25.2 Å². The number of aliphatic hydroxyl groups is 2. The lowest BCUT2D eigenvalue weighted by Gasteiger charge is -2.33. The molecular weight excluding hydrogens is 467 g/mol. The summed E-state index contributed by atoms with van der Waals surface area (Å²) < 4.78 is 16.4. The Kier molecular flexibility index (Phi) is 10.4. The summed E-state index contributed by atoms with van der Waals surface area (Å²) >= 11 is 11.9. The molecule has 0 bridgehead atoms. The van der Waals surface area contributed by atoms with Crippen LogP contribution in [0.3, 0.4) is 0 Å². The lowest BCUT2D eigenvalue weighted by Crippen LogP contribution is -2.47. The second-order valence-electron chi connectivity index (χ2n) is 8.16. The van der Waals surface area contributed by atoms with Crippen molar-refractivity contribution in [2.75, 3.05) is 46.5 Å². The number of likely N-dealkylation sites (tertiary alicyclic amines) is 1. The molecule has 7 nitrogen and oxygen atoms in total. The molecule has 0 aromatic heterocycles. The van der Waals surface area contributed by atoms with Crippen LogP contribution in [0.5, 0.6) is 17.2 Å². The zero-order chi connectivity index (χ0) is 23.6. The number of piperidine rings is 1. The minimum atomic E-state index is -0.596. The molecule has 1 aliphatic heterocycles. The predicted molar refractivity (Wildman–Crippen MR) is 130 cm³/mol. The van der Waals surface area contributed by atoms with Crippen LogP contribution in [0.2, 0.25) is 10.0 Å². The van der Waals surface area contributed by atoms with Gasteiger partial charge in [-0.25, -0.2) is 0 Å². The second kappa shape index (κ2) is 13.2. The molecular formula is C24H32Cl2N2O5. The Balaban J connectivity index is 1.27. The largest absolute Gasteiger partial charge is 0.497 e. The Hall–Kier alpha value is -1.74. The van der Waals surface area contributed by atoms with Crippen molar-refractivity contribution in [1.29, 1.82) is 0 Å². The van der Waals surface area contributed by atoms with Crippen molar-refractivity contribution in [1.82, 2.24) is 10.2 Å². The maximum atomic E-state index is 10.3. The van der Waals surface area contributed by atoms with Crippen LogP contribution in [0.25, 0.3) is 0 Å². The van der Waals surface area contributed by atoms with Gasteiger partial charge in [-0.05, 0) is 62.3 Å². The second-order valence-corrected chi connectivity index (χ2v) is 8.98. The standard InChI is InChI=1S/C24H32Cl2N2O5/c1-31-20-2-4-21(5-3-20)32-15-18(29)13-27-17-8-10-28(11-9-17)14-19(30)16-33-22-6-7-23(25)24(26)12-22/h2-7,12,17-19,27,29-30H,8-11,13-16H2,1H3/t18-,19-/m0/s1. The summed E-state index contributed by atoms with van der Waals surface area (Å²) in [5.41, 5.74) is 0. The molecule has 1 aliphatic rings. The molecule has 0 saturated carbocycles. The van der Waals surface area contributed by atoms with E-state index in [0.717, 1.165) is 31.7 Å². The van der Waals surface area contributed by atoms with E-state index in [9.17, 15) is 10.2 Å². The van der Waals surface area contributed by atoms with Gasteiger partial charge in [-0.3, -0.25) is 0 Å². The summed E-state index contributed by atoms with van der Waals surface area (Å²) in [5, 5.41) is 24.8. The average molecular weight is 499 g/mol. The van der Waals surface area contributed by atoms with Crippen molar-refractivity contribution in [3.63, 3.8) is 0 Å². The number of nitrogens with zero attached hydrogens (tertiary/aromatic N) is 1. The summed E-state index contributed by atoms with van der Waals surface area (Å²) in [6, 6.07) is 12.7. The monoisotopic (exact) mass is 498 g/mol. The lowest BCUT2D eigenvalue weighted by molar-refractivity contribution is 0.0556. The van der Waals surface area contributed by atoms with E-state index in [4.69, 9.17) is 37.4 Å². The first-order valence-electron chi connectivity index (χ1n) is 11.1. The van der Waals surface area contributed by atoms with E-state index in [2.05, 4.69) is 10.2 Å². The molecule has 1 saturated heterocycles. The third-order valence-corrected chi connectivity index (χ3v) is 6.27. The fourth-order valence-corrected chi connectivity index (χ4v) is 3.94. The quantitative estimate of drug-likeness (QED) is 0.414. The zero-order valence-corrected chi connectivity index (χ0v) is 20.3. The Morgan fingerprint density at radius 3 is 2.18 bits per heavy atom. The minimum Gasteiger partial charge on any atom is -0.497 e. The van der Waals surface area contributed by atoms with Crippen molar-refractivity contribution in [2.24, 2.45) is 0 Å². The summed E-state index contributed by atoms with van der Waals surface area (Å²) in [7, 11) is 1.62. The summed E-state index contributed by atoms with van der Waals surface area (Å²) in [6.45, 7) is 3.19. The molecule has 2 aromatic carbocycles. The van der Waals surface area contributed by atoms with Gasteiger partial charge in [-0.15, -0.1) is 0 Å². The molecule has 2 aromatic rings. The van der Waals surface area contributed by atoms with Crippen molar-refractivity contribution in [3.05, 3.63) is 52.5 Å². The van der Waals surface area contributed by atoms with E-state index in [1.807, 2.05) is 24.3 Å². The zero-order valence-electron chi connectivity index (χ0n) is 18.8. The van der Waals surface area contributed by atoms with Gasteiger partial charge < -0.3 is 34.6 Å². The van der Waals surface area contributed by atoms with Crippen LogP contribution in [-0.2, 0) is 0 Å². The van der Waals surface area contributed by atoms with Gasteiger partial charge in [-0.1, -0.05) is 23.2 Å². The normalized spacial score (nSPS) is 16.9. The number of nitrogens with one attached hydrogen (secondary N) is 1. The van der Waals surface area contributed by atoms with E-state index in [1.165, 1.54) is 0 Å². The number of ether oxygens (including phenoxy) is 3. The van der Waals surface area contributed by atoms with Crippen LogP contribution in [0.4, 0.5) is 0 Å². The van der Waals surface area contributed by atoms with E-state index in [-0.39, 0.29) is 13.2 Å². The fraction of sp³-hybridized carbons (Fsp3) is 0.500. The van der Waals surface area contributed by atoms with Gasteiger partial charge in [0.25, 0.3) is 0 Å². The Labute approximate surface area is 205 Å². The highest BCUT2D eigenvalue weighted by molar-refractivity contribution is 6.42. The topological polar surface area (TPSA) is 83.4 Å². The maximum Gasteiger partial charge on any atom is 0.121 e. The third-order valence-electron chi connectivity index (χ3n) is 5.53. The van der Waals surface area contributed by atoms with Crippen LogP contribution in [0.1, 0.15) is 12.8 Å². The van der Waals surface area contributed by atoms with Crippen molar-refractivity contribution in [2.45, 2.75) is 31.1 Å². The minimum absolute atomic E-state index is 0.191. The Morgan fingerprint density at radius 1 is 0.909 bits per heavy atom. The smallest absolute Gasteiger partial charge is 0.121 e. The van der Waals surface area contributed by atoms with Gasteiger partial charge in [-0.2, -0.15) is 0 Å². The van der Waals surface area contributed by atoms with Gasteiger partial charge in [0.05, 0.1) is 17.2 Å². The molecule has 3 N–H and O–H groups in total. The lowest BCUT2D eigenvalue weighted by atomic mass is 10.0. The molecule has 2 atom stereocenters. The van der Waals surface area contributed by atoms with Crippen LogP contribution in [0, 0.1) is 0 Å². The van der Waals surface area contributed by atoms with Crippen LogP contribution < -0.4 is 19.5 Å². The van der Waals surface area contributed by atoms with Gasteiger partial charge in [0.1, 0.15) is 42.7 Å². The van der Waals surface area contributed by atoms with E-state index in [1.54, 1.807) is 25.3 Å². The summed E-state index contributed by atoms with van der Waals surface area (Å²) in [6.07, 6.45) is 0.713. The summed E-state index contributed by atoms with van der Waals surface area (Å²) in [4.78, 5) is 2.23. The number of β-amino-alcohol motifs (C(OH)–C–C–N with tert-alkyl or cyclic N) is 1.